The van der Waals surface area contributed by atoms with Gasteiger partial charge in [-0.15, -0.1) is 8.86 Å². The van der Waals surface area contributed by atoms with Gasteiger partial charge in [-0.2, -0.15) is 13.2 Å². The van der Waals surface area contributed by atoms with Crippen LogP contribution in [0, 0.1) is 10.1 Å². The fraction of sp³-hybridized carbons (Fsp3) is 0.179. The third kappa shape index (κ3) is 13.1. The SMILES string of the molecule is CC(F)(F)F.CN.CO.O=CC1=Cc2ccccc2C(O)C1=O.O=[N+]([O-])c1ccccc1Oc1ccc(C=P)cc1. The lowest BCUT2D eigenvalue weighted by Crippen LogP contribution is -2.19. The number of carbonyl (C=O) groups is 2. The van der Waals surface area contributed by atoms with Crippen LogP contribution in [0.15, 0.2) is 78.4 Å². The molecule has 0 saturated carbocycles. The van der Waals surface area contributed by atoms with Gasteiger partial charge in [0.1, 0.15) is 11.9 Å². The summed E-state index contributed by atoms with van der Waals surface area (Å²) in [5, 5.41) is 27.4. The number of ether oxygens (including phenoxy) is 1. The number of carbonyl (C=O) groups excluding carboxylic acids is 2. The monoisotopic (exact) mass is 594 g/mol. The summed E-state index contributed by atoms with van der Waals surface area (Å²) >= 11 is 0. The van der Waals surface area contributed by atoms with E-state index in [4.69, 9.17) is 9.84 Å². The topological polar surface area (TPSA) is 153 Å². The van der Waals surface area contributed by atoms with Crippen LogP contribution in [0.1, 0.15) is 29.7 Å². The number of aliphatic hydroxyl groups is 2. The van der Waals surface area contributed by atoms with E-state index in [0.717, 1.165) is 18.2 Å². The summed E-state index contributed by atoms with van der Waals surface area (Å²) in [6.45, 7) is 0.188. The number of nitrogens with zero attached hydrogens (tertiary/aromatic N) is 1. The molecule has 220 valence electrons. The highest BCUT2D eigenvalue weighted by atomic mass is 31.0. The summed E-state index contributed by atoms with van der Waals surface area (Å²) in [5.41, 5.74) is 6.75. The minimum atomic E-state index is -4.00. The zero-order valence-corrected chi connectivity index (χ0v) is 23.3. The van der Waals surface area contributed by atoms with Crippen molar-refractivity contribution < 1.29 is 42.6 Å². The van der Waals surface area contributed by atoms with E-state index >= 15 is 0 Å². The number of para-hydroxylation sites is 2. The highest BCUT2D eigenvalue weighted by molar-refractivity contribution is 7.19. The summed E-state index contributed by atoms with van der Waals surface area (Å²) < 4.78 is 36.6. The Hall–Kier alpha value is -4.22. The van der Waals surface area contributed by atoms with E-state index < -0.39 is 23.0 Å². The van der Waals surface area contributed by atoms with Crippen LogP contribution >= 0.6 is 8.86 Å². The molecule has 13 heteroatoms. The Morgan fingerprint density at radius 3 is 2.02 bits per heavy atom. The van der Waals surface area contributed by atoms with Crippen LogP contribution in [0.4, 0.5) is 18.9 Å². The summed E-state index contributed by atoms with van der Waals surface area (Å²) in [6.07, 6.45) is -3.23. The van der Waals surface area contributed by atoms with Crippen LogP contribution in [0.2, 0.25) is 0 Å². The summed E-state index contributed by atoms with van der Waals surface area (Å²) in [7, 11) is 5.77. The van der Waals surface area contributed by atoms with Crippen LogP contribution in [0.3, 0.4) is 0 Å². The molecule has 1 atom stereocenters. The lowest BCUT2D eigenvalue weighted by Gasteiger charge is -2.17. The molecule has 4 N–H and O–H groups in total. The second kappa shape index (κ2) is 19.0. The second-order valence-electron chi connectivity index (χ2n) is 7.43. The molecule has 4 rings (SSSR count). The maximum Gasteiger partial charge on any atom is 0.386 e. The van der Waals surface area contributed by atoms with Crippen LogP contribution in [0.5, 0.6) is 11.5 Å². The summed E-state index contributed by atoms with van der Waals surface area (Å²) in [6, 6.07) is 20.5. The number of nitro benzene ring substituents is 1. The molecule has 0 fully saturated rings. The smallest absolute Gasteiger partial charge is 0.386 e. The van der Waals surface area contributed by atoms with Crippen molar-refractivity contribution in [3.63, 3.8) is 0 Å². The first-order valence-electron chi connectivity index (χ1n) is 11.5. The molecule has 1 aliphatic carbocycles. The molecule has 0 saturated heterocycles. The molecule has 0 radical (unpaired) electrons. The molecule has 0 amide bonds. The summed E-state index contributed by atoms with van der Waals surface area (Å²) in [4.78, 5) is 32.3. The standard InChI is InChI=1S/C13H10NO3P.C11H8O3.C2H3F3.CH5N.CH4O/c15-14(16)12-3-1-2-4-13(12)17-11-7-5-10(9-18)6-8-11;12-6-8-5-7-3-1-2-4-9(7)11(14)10(8)13;1-2(3,4)5;2*1-2/h1-9,18H;1-6,11,14H;1H3;2H2,1H3;2H,1H3. The first-order valence-corrected chi connectivity index (χ1v) is 12.1. The van der Waals surface area contributed by atoms with Crippen molar-refractivity contribution in [3.8, 4) is 11.5 Å². The van der Waals surface area contributed by atoms with E-state index in [1.807, 2.05) is 12.1 Å². The number of fused-ring (bicyclic) bond motifs is 1. The molecule has 1 aliphatic rings. The van der Waals surface area contributed by atoms with Crippen LogP contribution in [0.25, 0.3) is 6.08 Å². The number of rotatable bonds is 5. The maximum absolute atomic E-state index is 11.4. The zero-order chi connectivity index (χ0) is 31.6. The highest BCUT2D eigenvalue weighted by Crippen LogP contribution is 2.31. The number of ketones is 1. The molecular formula is C28H30F3N2O7P. The highest BCUT2D eigenvalue weighted by Gasteiger charge is 2.27. The molecule has 0 aromatic heterocycles. The van der Waals surface area contributed by atoms with Crippen molar-refractivity contribution in [1.29, 1.82) is 0 Å². The fourth-order valence-corrected chi connectivity index (χ4v) is 3.17. The lowest BCUT2D eigenvalue weighted by atomic mass is 9.89. The third-order valence-corrected chi connectivity index (χ3v) is 4.93. The number of hydrogen-bond acceptors (Lipinski definition) is 8. The molecule has 0 aliphatic heterocycles. The number of aliphatic hydroxyl groups excluding tert-OH is 2. The average Bonchev–Trinajstić information content (AvgIpc) is 2.97. The molecule has 1 unspecified atom stereocenters. The molecule has 41 heavy (non-hydrogen) atoms. The van der Waals surface area contributed by atoms with Crippen molar-refractivity contribution in [2.24, 2.45) is 5.73 Å². The predicted molar refractivity (Wildman–Crippen MR) is 154 cm³/mol. The van der Waals surface area contributed by atoms with Gasteiger partial charge in [-0.25, -0.2) is 0 Å². The van der Waals surface area contributed by atoms with Crippen molar-refractivity contribution in [2.75, 3.05) is 14.2 Å². The zero-order valence-electron chi connectivity index (χ0n) is 22.3. The van der Waals surface area contributed by atoms with Gasteiger partial charge in [-0.05, 0) is 53.8 Å². The number of halogens is 3. The Balaban J connectivity index is 0.000000618. The van der Waals surface area contributed by atoms with E-state index in [1.54, 1.807) is 60.4 Å². The van der Waals surface area contributed by atoms with E-state index in [9.17, 15) is 38.0 Å². The second-order valence-corrected chi connectivity index (χ2v) is 7.72. The molecule has 0 spiro atoms. The normalized spacial score (nSPS) is 12.9. The van der Waals surface area contributed by atoms with Gasteiger partial charge < -0.3 is 20.7 Å². The lowest BCUT2D eigenvalue weighted by molar-refractivity contribution is -0.385. The van der Waals surface area contributed by atoms with Gasteiger partial charge >= 0.3 is 11.9 Å². The van der Waals surface area contributed by atoms with Crippen molar-refractivity contribution in [1.82, 2.24) is 0 Å². The molecule has 0 bridgehead atoms. The molecule has 3 aromatic carbocycles. The largest absolute Gasteiger partial charge is 0.450 e. The Kier molecular flexibility index (Phi) is 17.0. The van der Waals surface area contributed by atoms with Crippen LogP contribution < -0.4 is 10.5 Å². The van der Waals surface area contributed by atoms with E-state index in [-0.39, 0.29) is 23.9 Å². The average molecular weight is 595 g/mol. The Bertz CT molecular complexity index is 1310. The fourth-order valence-electron chi connectivity index (χ4n) is 2.97. The maximum atomic E-state index is 11.4. The van der Waals surface area contributed by atoms with Crippen molar-refractivity contribution >= 4 is 38.5 Å². The molecule has 9 nitrogen and oxygen atoms in total. The van der Waals surface area contributed by atoms with E-state index in [1.165, 1.54) is 19.2 Å². The Labute approximate surface area is 237 Å². The Morgan fingerprint density at radius 1 is 1.00 bits per heavy atom. The summed E-state index contributed by atoms with van der Waals surface area (Å²) in [5.74, 6) is 2.03. The number of alkyl halides is 3. The van der Waals surface area contributed by atoms with Gasteiger partial charge in [-0.1, -0.05) is 48.5 Å². The quantitative estimate of drug-likeness (QED) is 0.118. The van der Waals surface area contributed by atoms with Gasteiger partial charge in [0.05, 0.1) is 10.5 Å². The number of nitrogens with two attached hydrogens (primary N) is 1. The van der Waals surface area contributed by atoms with Gasteiger partial charge in [0, 0.05) is 20.1 Å². The molecular weight excluding hydrogens is 564 g/mol. The van der Waals surface area contributed by atoms with Gasteiger partial charge in [0.25, 0.3) is 0 Å². The first-order chi connectivity index (χ1) is 19.4. The van der Waals surface area contributed by atoms with Crippen molar-refractivity contribution in [3.05, 3.63) is 105 Å². The minimum absolute atomic E-state index is 0.0243. The minimum Gasteiger partial charge on any atom is -0.450 e. The number of Topliss-reactive ketones (excluding diaryl/α,β-unsaturated/α-hetero) is 1. The number of benzene rings is 3. The molecule has 0 heterocycles. The van der Waals surface area contributed by atoms with Crippen LogP contribution in [-0.2, 0) is 9.59 Å². The Morgan fingerprint density at radius 2 is 1.51 bits per heavy atom. The van der Waals surface area contributed by atoms with E-state index in [0.29, 0.717) is 17.6 Å². The molecule has 3 aromatic rings. The van der Waals surface area contributed by atoms with Gasteiger partial charge in [-0.3, -0.25) is 19.7 Å². The first kappa shape index (κ1) is 36.8. The van der Waals surface area contributed by atoms with Crippen LogP contribution in [-0.4, -0.2) is 53.3 Å². The van der Waals surface area contributed by atoms with Crippen molar-refractivity contribution in [2.45, 2.75) is 19.2 Å². The number of nitro groups is 1. The predicted octanol–water partition coefficient (Wildman–Crippen LogP) is 5.32. The third-order valence-electron chi connectivity index (χ3n) is 4.60. The van der Waals surface area contributed by atoms with E-state index in [2.05, 4.69) is 14.6 Å². The van der Waals surface area contributed by atoms with Gasteiger partial charge in [0.2, 0.25) is 5.75 Å². The number of aldehydes is 1. The number of hydrogen-bond donors (Lipinski definition) is 3. The van der Waals surface area contributed by atoms with Gasteiger partial charge in [0.15, 0.2) is 12.1 Å².